The average molecular weight is 221 g/mol. The standard InChI is InChI=1S/C16H15N/c1-12-10-14-8-5-9-15(16(14)17-12)11-13-6-3-2-4-7-13/h2-10,17H,11H2,1H3. The molecule has 0 atom stereocenters. The van der Waals surface area contributed by atoms with Crippen LogP contribution in [0.4, 0.5) is 0 Å². The van der Waals surface area contributed by atoms with Crippen molar-refractivity contribution in [2.75, 3.05) is 0 Å². The molecule has 0 unspecified atom stereocenters. The van der Waals surface area contributed by atoms with Crippen LogP contribution in [-0.2, 0) is 6.42 Å². The highest BCUT2D eigenvalue weighted by atomic mass is 14.7. The first-order valence-corrected chi connectivity index (χ1v) is 5.94. The number of para-hydroxylation sites is 1. The van der Waals surface area contributed by atoms with Gasteiger partial charge in [0.15, 0.2) is 0 Å². The van der Waals surface area contributed by atoms with E-state index in [4.69, 9.17) is 0 Å². The van der Waals surface area contributed by atoms with Gasteiger partial charge in [0.05, 0.1) is 0 Å². The quantitative estimate of drug-likeness (QED) is 0.671. The van der Waals surface area contributed by atoms with Crippen molar-refractivity contribution in [3.63, 3.8) is 0 Å². The SMILES string of the molecule is Cc1cc2cccc(Cc3ccccc3)c2[nH]1. The van der Waals surface area contributed by atoms with E-state index in [2.05, 4.69) is 66.5 Å². The topological polar surface area (TPSA) is 15.8 Å². The maximum atomic E-state index is 3.45. The van der Waals surface area contributed by atoms with Gasteiger partial charge in [-0.05, 0) is 35.9 Å². The van der Waals surface area contributed by atoms with Gasteiger partial charge in [-0.15, -0.1) is 0 Å². The third-order valence-electron chi connectivity index (χ3n) is 3.11. The molecule has 0 saturated carbocycles. The molecular formula is C16H15N. The largest absolute Gasteiger partial charge is 0.358 e. The Kier molecular flexibility index (Phi) is 2.45. The van der Waals surface area contributed by atoms with Crippen LogP contribution in [0, 0.1) is 6.92 Å². The van der Waals surface area contributed by atoms with E-state index in [9.17, 15) is 0 Å². The minimum Gasteiger partial charge on any atom is -0.358 e. The fourth-order valence-corrected chi connectivity index (χ4v) is 2.32. The zero-order chi connectivity index (χ0) is 11.7. The molecule has 1 nitrogen and oxygen atoms in total. The van der Waals surface area contributed by atoms with Crippen LogP contribution in [0.1, 0.15) is 16.8 Å². The van der Waals surface area contributed by atoms with Crippen LogP contribution in [0.2, 0.25) is 0 Å². The molecule has 0 fully saturated rings. The molecular weight excluding hydrogens is 206 g/mol. The van der Waals surface area contributed by atoms with E-state index in [0.717, 1.165) is 6.42 Å². The zero-order valence-electron chi connectivity index (χ0n) is 9.90. The van der Waals surface area contributed by atoms with Gasteiger partial charge in [-0.3, -0.25) is 0 Å². The van der Waals surface area contributed by atoms with E-state index in [1.807, 2.05) is 0 Å². The lowest BCUT2D eigenvalue weighted by atomic mass is 10.0. The Bertz CT molecular complexity index is 635. The Labute approximate surface area is 101 Å². The minimum absolute atomic E-state index is 0.984. The van der Waals surface area contributed by atoms with Gasteiger partial charge in [-0.2, -0.15) is 0 Å². The summed E-state index contributed by atoms with van der Waals surface area (Å²) >= 11 is 0. The van der Waals surface area contributed by atoms with Crippen LogP contribution < -0.4 is 0 Å². The molecule has 3 rings (SSSR count). The Morgan fingerprint density at radius 2 is 1.76 bits per heavy atom. The van der Waals surface area contributed by atoms with Crippen LogP contribution in [0.5, 0.6) is 0 Å². The highest BCUT2D eigenvalue weighted by Gasteiger charge is 2.04. The number of fused-ring (bicyclic) bond motifs is 1. The summed E-state index contributed by atoms with van der Waals surface area (Å²) < 4.78 is 0. The molecule has 0 aliphatic rings. The van der Waals surface area contributed by atoms with Crippen LogP contribution in [0.25, 0.3) is 10.9 Å². The van der Waals surface area contributed by atoms with Crippen molar-refractivity contribution in [3.05, 3.63) is 71.4 Å². The normalized spacial score (nSPS) is 10.9. The van der Waals surface area contributed by atoms with E-state index in [0.29, 0.717) is 0 Å². The first-order valence-electron chi connectivity index (χ1n) is 5.94. The smallest absolute Gasteiger partial charge is 0.0491 e. The second-order valence-corrected chi connectivity index (χ2v) is 4.50. The van der Waals surface area contributed by atoms with Crippen molar-refractivity contribution in [3.8, 4) is 0 Å². The monoisotopic (exact) mass is 221 g/mol. The van der Waals surface area contributed by atoms with Crippen molar-refractivity contribution >= 4 is 10.9 Å². The van der Waals surface area contributed by atoms with Crippen LogP contribution in [0.3, 0.4) is 0 Å². The summed E-state index contributed by atoms with van der Waals surface area (Å²) in [5.74, 6) is 0. The second-order valence-electron chi connectivity index (χ2n) is 4.50. The zero-order valence-corrected chi connectivity index (χ0v) is 9.90. The highest BCUT2D eigenvalue weighted by Crippen LogP contribution is 2.21. The summed E-state index contributed by atoms with van der Waals surface area (Å²) in [6.07, 6.45) is 0.984. The van der Waals surface area contributed by atoms with Crippen molar-refractivity contribution in [1.29, 1.82) is 0 Å². The van der Waals surface area contributed by atoms with Gasteiger partial charge in [0.25, 0.3) is 0 Å². The lowest BCUT2D eigenvalue weighted by Gasteiger charge is -2.03. The Balaban J connectivity index is 2.06. The molecule has 0 saturated heterocycles. The first-order chi connectivity index (χ1) is 8.33. The molecule has 3 aromatic rings. The molecule has 0 aliphatic carbocycles. The summed E-state index contributed by atoms with van der Waals surface area (Å²) in [6, 6.07) is 19.3. The molecule has 0 aliphatic heterocycles. The summed E-state index contributed by atoms with van der Waals surface area (Å²) in [7, 11) is 0. The number of hydrogen-bond acceptors (Lipinski definition) is 0. The fourth-order valence-electron chi connectivity index (χ4n) is 2.32. The predicted molar refractivity (Wildman–Crippen MR) is 72.3 cm³/mol. The van der Waals surface area contributed by atoms with Crippen LogP contribution in [-0.4, -0.2) is 4.98 Å². The molecule has 1 heteroatoms. The summed E-state index contributed by atoms with van der Waals surface area (Å²) in [5.41, 5.74) is 5.21. The number of aryl methyl sites for hydroxylation is 1. The third-order valence-corrected chi connectivity index (χ3v) is 3.11. The van der Waals surface area contributed by atoms with E-state index in [1.165, 1.54) is 27.7 Å². The van der Waals surface area contributed by atoms with Crippen LogP contribution >= 0.6 is 0 Å². The Morgan fingerprint density at radius 1 is 0.941 bits per heavy atom. The molecule has 0 radical (unpaired) electrons. The van der Waals surface area contributed by atoms with Gasteiger partial charge in [0.1, 0.15) is 0 Å². The molecule has 17 heavy (non-hydrogen) atoms. The summed E-state index contributed by atoms with van der Waals surface area (Å²) in [6.45, 7) is 2.10. The number of aromatic nitrogens is 1. The van der Waals surface area contributed by atoms with Crippen LogP contribution in [0.15, 0.2) is 54.6 Å². The molecule has 0 spiro atoms. The minimum atomic E-state index is 0.984. The number of nitrogens with one attached hydrogen (secondary N) is 1. The summed E-state index contributed by atoms with van der Waals surface area (Å²) in [5, 5.41) is 1.30. The van der Waals surface area contributed by atoms with Crippen molar-refractivity contribution < 1.29 is 0 Å². The van der Waals surface area contributed by atoms with E-state index < -0.39 is 0 Å². The van der Waals surface area contributed by atoms with Gasteiger partial charge in [-0.25, -0.2) is 0 Å². The van der Waals surface area contributed by atoms with Gasteiger partial charge in [0.2, 0.25) is 0 Å². The summed E-state index contributed by atoms with van der Waals surface area (Å²) in [4.78, 5) is 3.45. The lowest BCUT2D eigenvalue weighted by Crippen LogP contribution is -1.89. The average Bonchev–Trinajstić information content (AvgIpc) is 2.72. The number of benzene rings is 2. The first kappa shape index (κ1) is 10.2. The molecule has 84 valence electrons. The third kappa shape index (κ3) is 1.96. The molecule has 1 aromatic heterocycles. The molecule has 0 amide bonds. The van der Waals surface area contributed by atoms with Crippen molar-refractivity contribution in [1.82, 2.24) is 4.98 Å². The molecule has 0 bridgehead atoms. The van der Waals surface area contributed by atoms with Gasteiger partial charge in [0, 0.05) is 11.2 Å². The maximum Gasteiger partial charge on any atom is 0.0491 e. The van der Waals surface area contributed by atoms with Crippen molar-refractivity contribution in [2.24, 2.45) is 0 Å². The van der Waals surface area contributed by atoms with Gasteiger partial charge in [-0.1, -0.05) is 48.5 Å². The number of H-pyrrole nitrogens is 1. The van der Waals surface area contributed by atoms with Gasteiger partial charge < -0.3 is 4.98 Å². The number of aromatic amines is 1. The Hall–Kier alpha value is -2.02. The maximum absolute atomic E-state index is 3.45. The molecule has 1 heterocycles. The molecule has 2 aromatic carbocycles. The Morgan fingerprint density at radius 3 is 2.59 bits per heavy atom. The van der Waals surface area contributed by atoms with E-state index >= 15 is 0 Å². The van der Waals surface area contributed by atoms with E-state index in [-0.39, 0.29) is 0 Å². The number of hydrogen-bond donors (Lipinski definition) is 1. The molecule has 1 N–H and O–H groups in total. The lowest BCUT2D eigenvalue weighted by molar-refractivity contribution is 1.19. The van der Waals surface area contributed by atoms with E-state index in [1.54, 1.807) is 0 Å². The predicted octanol–water partition coefficient (Wildman–Crippen LogP) is 4.07. The highest BCUT2D eigenvalue weighted by molar-refractivity contribution is 5.83. The van der Waals surface area contributed by atoms with Crippen molar-refractivity contribution in [2.45, 2.75) is 13.3 Å². The second kappa shape index (κ2) is 4.10. The van der Waals surface area contributed by atoms with Gasteiger partial charge >= 0.3 is 0 Å². The number of rotatable bonds is 2. The fraction of sp³-hybridized carbons (Fsp3) is 0.125.